The van der Waals surface area contributed by atoms with Gasteiger partial charge in [0.25, 0.3) is 0 Å². The Bertz CT molecular complexity index is 599. The third kappa shape index (κ3) is 2.24. The van der Waals surface area contributed by atoms with Crippen molar-refractivity contribution in [3.63, 3.8) is 0 Å². The van der Waals surface area contributed by atoms with Crippen LogP contribution in [0.5, 0.6) is 5.75 Å². The lowest BCUT2D eigenvalue weighted by molar-refractivity contribution is 0.0702. The molecule has 0 unspecified atom stereocenters. The molecule has 0 aliphatic carbocycles. The van der Waals surface area contributed by atoms with Crippen LogP contribution in [0, 0.1) is 13.8 Å². The monoisotopic (exact) mass is 262 g/mol. The average molecular weight is 262 g/mol. The molecule has 0 aliphatic rings. The van der Waals surface area contributed by atoms with Gasteiger partial charge >= 0.3 is 5.97 Å². The van der Waals surface area contributed by atoms with E-state index in [1.54, 1.807) is 13.2 Å². The summed E-state index contributed by atoms with van der Waals surface area (Å²) in [6, 6.07) is 7.59. The summed E-state index contributed by atoms with van der Waals surface area (Å²) in [6.07, 6.45) is 0. The van der Waals surface area contributed by atoms with Crippen molar-refractivity contribution in [3.05, 3.63) is 40.3 Å². The molecule has 2 rings (SSSR count). The highest BCUT2D eigenvalue weighted by atomic mass is 32.1. The number of aromatic carboxylic acids is 1. The fourth-order valence-electron chi connectivity index (χ4n) is 1.89. The van der Waals surface area contributed by atoms with Crippen LogP contribution in [0.3, 0.4) is 0 Å². The van der Waals surface area contributed by atoms with Gasteiger partial charge in [0.15, 0.2) is 0 Å². The van der Waals surface area contributed by atoms with Crippen molar-refractivity contribution < 1.29 is 14.6 Å². The second-order valence-corrected chi connectivity index (χ2v) is 5.16. The van der Waals surface area contributed by atoms with E-state index < -0.39 is 5.97 Å². The third-order valence-electron chi connectivity index (χ3n) is 2.79. The van der Waals surface area contributed by atoms with Crippen molar-refractivity contribution in [2.75, 3.05) is 7.11 Å². The van der Waals surface area contributed by atoms with Crippen LogP contribution in [-0.4, -0.2) is 18.2 Å². The van der Waals surface area contributed by atoms with Crippen molar-refractivity contribution in [3.8, 4) is 16.2 Å². The van der Waals surface area contributed by atoms with Crippen LogP contribution in [0.15, 0.2) is 24.3 Å². The van der Waals surface area contributed by atoms with Crippen LogP contribution < -0.4 is 4.74 Å². The summed E-state index contributed by atoms with van der Waals surface area (Å²) in [7, 11) is 1.64. The molecular weight excluding hydrogens is 248 g/mol. The number of carbonyl (C=O) groups is 1. The zero-order valence-corrected chi connectivity index (χ0v) is 11.3. The summed E-state index contributed by atoms with van der Waals surface area (Å²) >= 11 is 1.30. The molecule has 0 saturated heterocycles. The SMILES string of the molecule is COc1ccc(-c2sc(C(=O)O)cc2C)cc1C. The summed E-state index contributed by atoms with van der Waals surface area (Å²) < 4.78 is 5.22. The first-order valence-electron chi connectivity index (χ1n) is 5.51. The summed E-state index contributed by atoms with van der Waals surface area (Å²) in [5.74, 6) is -0.0361. The number of hydrogen-bond donors (Lipinski definition) is 1. The van der Waals surface area contributed by atoms with Crippen LogP contribution in [0.2, 0.25) is 0 Å². The van der Waals surface area contributed by atoms with Crippen LogP contribution >= 0.6 is 11.3 Å². The summed E-state index contributed by atoms with van der Waals surface area (Å²) in [6.45, 7) is 3.90. The Morgan fingerprint density at radius 1 is 1.22 bits per heavy atom. The number of thiophene rings is 1. The average Bonchev–Trinajstić information content (AvgIpc) is 2.71. The van der Waals surface area contributed by atoms with Crippen LogP contribution in [0.4, 0.5) is 0 Å². The van der Waals surface area contributed by atoms with Gasteiger partial charge in [0.2, 0.25) is 0 Å². The maximum atomic E-state index is 11.0. The van der Waals surface area contributed by atoms with E-state index in [-0.39, 0.29) is 0 Å². The molecule has 1 N–H and O–H groups in total. The van der Waals surface area contributed by atoms with Crippen molar-refractivity contribution in [1.82, 2.24) is 0 Å². The number of carboxylic acid groups (broad SMARTS) is 1. The maximum Gasteiger partial charge on any atom is 0.345 e. The predicted octanol–water partition coefficient (Wildman–Crippen LogP) is 3.74. The molecule has 1 heterocycles. The second kappa shape index (κ2) is 4.82. The maximum absolute atomic E-state index is 11.0. The van der Waals surface area contributed by atoms with Gasteiger partial charge in [-0.1, -0.05) is 0 Å². The Kier molecular flexibility index (Phi) is 3.39. The molecule has 0 radical (unpaired) electrons. The lowest BCUT2D eigenvalue weighted by Gasteiger charge is -2.06. The normalized spacial score (nSPS) is 10.4. The first kappa shape index (κ1) is 12.6. The number of methoxy groups -OCH3 is 1. The van der Waals surface area contributed by atoms with E-state index in [1.165, 1.54) is 11.3 Å². The molecule has 1 aromatic carbocycles. The second-order valence-electron chi connectivity index (χ2n) is 4.11. The van der Waals surface area contributed by atoms with Crippen LogP contribution in [0.1, 0.15) is 20.8 Å². The molecule has 0 saturated carbocycles. The van der Waals surface area contributed by atoms with E-state index in [4.69, 9.17) is 9.84 Å². The molecule has 0 fully saturated rings. The molecule has 94 valence electrons. The fourth-order valence-corrected chi connectivity index (χ4v) is 2.90. The molecule has 0 atom stereocenters. The number of ether oxygens (including phenoxy) is 1. The lowest BCUT2D eigenvalue weighted by Crippen LogP contribution is -1.89. The highest BCUT2D eigenvalue weighted by molar-refractivity contribution is 7.17. The molecule has 2 aromatic rings. The zero-order chi connectivity index (χ0) is 13.3. The van der Waals surface area contributed by atoms with Crippen molar-refractivity contribution in [1.29, 1.82) is 0 Å². The first-order chi connectivity index (χ1) is 8.52. The standard InChI is InChI=1S/C14H14O3S/c1-8-6-10(4-5-11(8)17-3)13-9(2)7-12(18-13)14(15)16/h4-7H,1-3H3,(H,15,16). The van der Waals surface area contributed by atoms with Gasteiger partial charge in [-0.05, 0) is 54.8 Å². The Hall–Kier alpha value is -1.81. The number of rotatable bonds is 3. The van der Waals surface area contributed by atoms with Gasteiger partial charge < -0.3 is 9.84 Å². The van der Waals surface area contributed by atoms with Crippen molar-refractivity contribution >= 4 is 17.3 Å². The minimum absolute atomic E-state index is 0.371. The van der Waals surface area contributed by atoms with Gasteiger partial charge in [0.05, 0.1) is 7.11 Å². The quantitative estimate of drug-likeness (QED) is 0.916. The predicted molar refractivity (Wildman–Crippen MR) is 72.7 cm³/mol. The van der Waals surface area contributed by atoms with Crippen molar-refractivity contribution in [2.45, 2.75) is 13.8 Å². The zero-order valence-electron chi connectivity index (χ0n) is 10.5. The van der Waals surface area contributed by atoms with Gasteiger partial charge in [-0.25, -0.2) is 4.79 Å². The Morgan fingerprint density at radius 2 is 1.94 bits per heavy atom. The topological polar surface area (TPSA) is 46.5 Å². The van der Waals surface area contributed by atoms with Gasteiger partial charge in [-0.2, -0.15) is 0 Å². The molecule has 0 amide bonds. The van der Waals surface area contributed by atoms with E-state index in [0.717, 1.165) is 27.3 Å². The summed E-state index contributed by atoms with van der Waals surface area (Å²) in [4.78, 5) is 12.3. The Balaban J connectivity index is 2.48. The number of hydrogen-bond acceptors (Lipinski definition) is 3. The molecular formula is C14H14O3S. The van der Waals surface area contributed by atoms with E-state index in [9.17, 15) is 4.79 Å². The lowest BCUT2D eigenvalue weighted by atomic mass is 10.1. The minimum atomic E-state index is -0.875. The smallest absolute Gasteiger partial charge is 0.345 e. The molecule has 0 bridgehead atoms. The highest BCUT2D eigenvalue weighted by Crippen LogP contribution is 2.34. The van der Waals surface area contributed by atoms with Gasteiger partial charge in [0, 0.05) is 4.88 Å². The van der Waals surface area contributed by atoms with Crippen molar-refractivity contribution in [2.24, 2.45) is 0 Å². The molecule has 18 heavy (non-hydrogen) atoms. The van der Waals surface area contributed by atoms with Gasteiger partial charge in [-0.15, -0.1) is 11.3 Å². The molecule has 0 aliphatic heterocycles. The van der Waals surface area contributed by atoms with Crippen LogP contribution in [0.25, 0.3) is 10.4 Å². The Labute approximate surface area is 110 Å². The highest BCUT2D eigenvalue weighted by Gasteiger charge is 2.13. The first-order valence-corrected chi connectivity index (χ1v) is 6.33. The van der Waals surface area contributed by atoms with E-state index in [1.807, 2.05) is 32.0 Å². The van der Waals surface area contributed by atoms with Gasteiger partial charge in [-0.3, -0.25) is 0 Å². The summed E-state index contributed by atoms with van der Waals surface area (Å²) in [5, 5.41) is 9.00. The largest absolute Gasteiger partial charge is 0.496 e. The molecule has 0 spiro atoms. The van der Waals surface area contributed by atoms with Crippen LogP contribution in [-0.2, 0) is 0 Å². The fraction of sp³-hybridized carbons (Fsp3) is 0.214. The van der Waals surface area contributed by atoms with Gasteiger partial charge in [0.1, 0.15) is 10.6 Å². The number of benzene rings is 1. The molecule has 4 heteroatoms. The molecule has 3 nitrogen and oxygen atoms in total. The van der Waals surface area contributed by atoms with E-state index in [2.05, 4.69) is 0 Å². The third-order valence-corrected chi connectivity index (χ3v) is 4.06. The minimum Gasteiger partial charge on any atom is -0.496 e. The number of aryl methyl sites for hydroxylation is 2. The van der Waals surface area contributed by atoms with E-state index in [0.29, 0.717) is 4.88 Å². The van der Waals surface area contributed by atoms with E-state index >= 15 is 0 Å². The number of carboxylic acids is 1. The summed E-state index contributed by atoms with van der Waals surface area (Å²) in [5.41, 5.74) is 3.06. The Morgan fingerprint density at radius 3 is 2.44 bits per heavy atom. The molecule has 1 aromatic heterocycles.